The van der Waals surface area contributed by atoms with Crippen LogP contribution in [0.5, 0.6) is 5.75 Å². The Balaban J connectivity index is 2.51. The van der Waals surface area contributed by atoms with E-state index in [1.807, 2.05) is 42.3 Å². The number of oxime groups is 1. The van der Waals surface area contributed by atoms with Gasteiger partial charge in [0.1, 0.15) is 11.4 Å². The van der Waals surface area contributed by atoms with E-state index in [2.05, 4.69) is 10.1 Å². The molecule has 0 spiro atoms. The predicted molar refractivity (Wildman–Crippen MR) is 77.8 cm³/mol. The minimum absolute atomic E-state index is 0.0395. The molecule has 6 nitrogen and oxygen atoms in total. The number of hydrogen-bond acceptors (Lipinski definition) is 5. The molecule has 20 heavy (non-hydrogen) atoms. The van der Waals surface area contributed by atoms with Gasteiger partial charge in [-0.15, -0.1) is 0 Å². The molecular weight excluding hydrogens is 256 g/mol. The summed E-state index contributed by atoms with van der Waals surface area (Å²) in [5.74, 6) is 0.687. The second-order valence-corrected chi connectivity index (χ2v) is 4.09. The average molecular weight is 272 g/mol. The van der Waals surface area contributed by atoms with Gasteiger partial charge in [0, 0.05) is 13.2 Å². The topological polar surface area (TPSA) is 84.0 Å². The predicted octanol–water partition coefficient (Wildman–Crippen LogP) is 1.95. The van der Waals surface area contributed by atoms with Crippen LogP contribution in [-0.2, 0) is 0 Å². The van der Waals surface area contributed by atoms with E-state index >= 15 is 0 Å². The molecule has 0 fully saturated rings. The molecule has 2 rings (SSSR count). The second kappa shape index (κ2) is 5.92. The highest BCUT2D eigenvalue weighted by Gasteiger charge is 2.15. The molecule has 0 aliphatic heterocycles. The van der Waals surface area contributed by atoms with E-state index in [9.17, 15) is 0 Å². The van der Waals surface area contributed by atoms with E-state index in [0.29, 0.717) is 11.4 Å². The van der Waals surface area contributed by atoms with Crippen LogP contribution >= 0.6 is 0 Å². The molecular formula is C14H16N4O2. The van der Waals surface area contributed by atoms with Crippen molar-refractivity contribution in [3.8, 4) is 5.75 Å². The van der Waals surface area contributed by atoms with Crippen molar-refractivity contribution >= 4 is 17.2 Å². The maximum atomic E-state index is 8.85. The van der Waals surface area contributed by atoms with Gasteiger partial charge < -0.3 is 20.6 Å². The molecule has 0 bridgehead atoms. The Labute approximate surface area is 117 Å². The van der Waals surface area contributed by atoms with E-state index in [1.165, 1.54) is 0 Å². The summed E-state index contributed by atoms with van der Waals surface area (Å²) in [7, 11) is 3.48. The molecule has 0 unspecified atom stereocenters. The molecule has 0 radical (unpaired) electrons. The molecule has 1 aromatic heterocycles. The van der Waals surface area contributed by atoms with Gasteiger partial charge in [-0.05, 0) is 24.3 Å². The monoisotopic (exact) mass is 272 g/mol. The minimum Gasteiger partial charge on any atom is -0.495 e. The quantitative estimate of drug-likeness (QED) is 0.384. The lowest BCUT2D eigenvalue weighted by molar-refractivity contribution is 0.318. The Morgan fingerprint density at radius 1 is 1.25 bits per heavy atom. The SMILES string of the molecule is COc1ccccc1N(C)c1cccnc1/C(N)=N/O. The molecule has 0 saturated carbocycles. The number of amidine groups is 1. The fourth-order valence-corrected chi connectivity index (χ4v) is 1.95. The first-order valence-corrected chi connectivity index (χ1v) is 5.98. The molecule has 1 heterocycles. The van der Waals surface area contributed by atoms with Crippen molar-refractivity contribution < 1.29 is 9.94 Å². The largest absolute Gasteiger partial charge is 0.495 e. The standard InChI is InChI=1S/C14H16N4O2/c1-18(10-6-3-4-8-12(10)20-2)11-7-5-9-16-13(11)14(15)17-19/h3-9,19H,1-2H3,(H2,15,17). The third-order valence-corrected chi connectivity index (χ3v) is 2.94. The summed E-state index contributed by atoms with van der Waals surface area (Å²) in [5, 5.41) is 11.9. The first-order valence-electron chi connectivity index (χ1n) is 5.98. The number of anilines is 2. The summed E-state index contributed by atoms with van der Waals surface area (Å²) < 4.78 is 5.34. The molecule has 3 N–H and O–H groups in total. The molecule has 0 saturated heterocycles. The second-order valence-electron chi connectivity index (χ2n) is 4.09. The smallest absolute Gasteiger partial charge is 0.190 e. The zero-order valence-electron chi connectivity index (χ0n) is 11.3. The molecule has 6 heteroatoms. The van der Waals surface area contributed by atoms with Gasteiger partial charge in [-0.2, -0.15) is 0 Å². The van der Waals surface area contributed by atoms with Crippen molar-refractivity contribution in [2.45, 2.75) is 0 Å². The van der Waals surface area contributed by atoms with Gasteiger partial charge in [-0.3, -0.25) is 4.98 Å². The van der Waals surface area contributed by atoms with E-state index < -0.39 is 0 Å². The number of nitrogens with two attached hydrogens (primary N) is 1. The molecule has 1 aromatic carbocycles. The van der Waals surface area contributed by atoms with E-state index in [0.717, 1.165) is 11.4 Å². The summed E-state index contributed by atoms with van der Waals surface area (Å²) >= 11 is 0. The molecule has 0 atom stereocenters. The maximum Gasteiger partial charge on any atom is 0.190 e. The summed E-state index contributed by atoms with van der Waals surface area (Å²) in [6.45, 7) is 0. The van der Waals surface area contributed by atoms with Crippen LogP contribution < -0.4 is 15.4 Å². The van der Waals surface area contributed by atoms with Gasteiger partial charge in [0.05, 0.1) is 18.5 Å². The molecule has 2 aromatic rings. The number of methoxy groups -OCH3 is 1. The van der Waals surface area contributed by atoms with Crippen molar-refractivity contribution in [2.75, 3.05) is 19.1 Å². The van der Waals surface area contributed by atoms with Crippen LogP contribution in [-0.4, -0.2) is 30.2 Å². The lowest BCUT2D eigenvalue weighted by Gasteiger charge is -2.23. The van der Waals surface area contributed by atoms with Gasteiger partial charge in [0.2, 0.25) is 0 Å². The highest BCUT2D eigenvalue weighted by atomic mass is 16.5. The number of hydrogen-bond donors (Lipinski definition) is 2. The van der Waals surface area contributed by atoms with Crippen LogP contribution in [0.3, 0.4) is 0 Å². The zero-order chi connectivity index (χ0) is 14.5. The summed E-state index contributed by atoms with van der Waals surface area (Å²) in [4.78, 5) is 6.03. The lowest BCUT2D eigenvalue weighted by atomic mass is 10.2. The number of benzene rings is 1. The zero-order valence-corrected chi connectivity index (χ0v) is 11.3. The molecule has 0 amide bonds. The first-order chi connectivity index (χ1) is 9.69. The van der Waals surface area contributed by atoms with Crippen molar-refractivity contribution in [3.05, 3.63) is 48.3 Å². The molecule has 0 aliphatic carbocycles. The van der Waals surface area contributed by atoms with Gasteiger partial charge in [0.25, 0.3) is 0 Å². The van der Waals surface area contributed by atoms with Crippen molar-refractivity contribution in [3.63, 3.8) is 0 Å². The van der Waals surface area contributed by atoms with Crippen LogP contribution in [0.2, 0.25) is 0 Å². The molecule has 104 valence electrons. The van der Waals surface area contributed by atoms with Crippen LogP contribution in [0.25, 0.3) is 0 Å². The van der Waals surface area contributed by atoms with E-state index in [4.69, 9.17) is 15.7 Å². The van der Waals surface area contributed by atoms with Crippen molar-refractivity contribution in [1.29, 1.82) is 0 Å². The number of aromatic nitrogens is 1. The fraction of sp³-hybridized carbons (Fsp3) is 0.143. The number of ether oxygens (including phenoxy) is 1. The maximum absolute atomic E-state index is 8.85. The van der Waals surface area contributed by atoms with Crippen LogP contribution in [0.1, 0.15) is 5.69 Å². The highest BCUT2D eigenvalue weighted by Crippen LogP contribution is 2.33. The van der Waals surface area contributed by atoms with Crippen LogP contribution in [0.4, 0.5) is 11.4 Å². The van der Waals surface area contributed by atoms with Gasteiger partial charge in [-0.1, -0.05) is 17.3 Å². The van der Waals surface area contributed by atoms with E-state index in [1.54, 1.807) is 19.4 Å². The van der Waals surface area contributed by atoms with Crippen molar-refractivity contribution in [2.24, 2.45) is 10.9 Å². The lowest BCUT2D eigenvalue weighted by Crippen LogP contribution is -2.21. The Bertz CT molecular complexity index is 628. The van der Waals surface area contributed by atoms with Crippen LogP contribution in [0.15, 0.2) is 47.8 Å². The first kappa shape index (κ1) is 13.7. The number of para-hydroxylation sites is 2. The Morgan fingerprint density at radius 2 is 1.95 bits per heavy atom. The summed E-state index contributed by atoms with van der Waals surface area (Å²) in [6, 6.07) is 11.2. The average Bonchev–Trinajstić information content (AvgIpc) is 2.53. The number of nitrogens with zero attached hydrogens (tertiary/aromatic N) is 3. The van der Waals surface area contributed by atoms with E-state index in [-0.39, 0.29) is 5.84 Å². The minimum atomic E-state index is -0.0395. The summed E-state index contributed by atoms with van der Waals surface area (Å²) in [6.07, 6.45) is 1.59. The number of pyridine rings is 1. The van der Waals surface area contributed by atoms with Gasteiger partial charge >= 0.3 is 0 Å². The summed E-state index contributed by atoms with van der Waals surface area (Å²) in [5.41, 5.74) is 7.64. The third kappa shape index (κ3) is 2.49. The van der Waals surface area contributed by atoms with Crippen molar-refractivity contribution in [1.82, 2.24) is 4.98 Å². The third-order valence-electron chi connectivity index (χ3n) is 2.94. The van der Waals surface area contributed by atoms with Gasteiger partial charge in [-0.25, -0.2) is 0 Å². The Hall–Kier alpha value is -2.76. The van der Waals surface area contributed by atoms with Crippen LogP contribution in [0, 0.1) is 0 Å². The Kier molecular flexibility index (Phi) is 4.05. The highest BCUT2D eigenvalue weighted by molar-refractivity contribution is 6.01. The normalized spacial score (nSPS) is 11.2. The Morgan fingerprint density at radius 3 is 2.65 bits per heavy atom. The number of rotatable bonds is 4. The fourth-order valence-electron chi connectivity index (χ4n) is 1.95. The van der Waals surface area contributed by atoms with Gasteiger partial charge in [0.15, 0.2) is 5.84 Å². The molecule has 0 aliphatic rings.